The van der Waals surface area contributed by atoms with Crippen LogP contribution in [0.25, 0.3) is 0 Å². The van der Waals surface area contributed by atoms with Crippen molar-refractivity contribution in [3.63, 3.8) is 0 Å². The number of carboxylic acids is 1. The first kappa shape index (κ1) is 12.2. The molecule has 5 heteroatoms. The van der Waals surface area contributed by atoms with Crippen LogP contribution in [0.5, 0.6) is 0 Å². The SMILES string of the molecule is C=C(Cl)COC(=O)[C@@H]1[C@@H](C(=O)[O-])[C@H]2C=C[C@@H]1C2. The van der Waals surface area contributed by atoms with Crippen molar-refractivity contribution in [3.05, 3.63) is 23.8 Å². The van der Waals surface area contributed by atoms with Crippen molar-refractivity contribution < 1.29 is 19.4 Å². The summed E-state index contributed by atoms with van der Waals surface area (Å²) in [6, 6.07) is 0. The summed E-state index contributed by atoms with van der Waals surface area (Å²) in [7, 11) is 0. The molecule has 0 aliphatic heterocycles. The highest BCUT2D eigenvalue weighted by Crippen LogP contribution is 2.48. The molecule has 0 aromatic carbocycles. The predicted molar refractivity (Wildman–Crippen MR) is 58.7 cm³/mol. The molecule has 0 radical (unpaired) electrons. The molecule has 1 saturated carbocycles. The van der Waals surface area contributed by atoms with Gasteiger partial charge in [-0.1, -0.05) is 30.3 Å². The lowest BCUT2D eigenvalue weighted by Crippen LogP contribution is -2.41. The van der Waals surface area contributed by atoms with E-state index in [1.54, 1.807) is 0 Å². The highest BCUT2D eigenvalue weighted by Gasteiger charge is 2.49. The summed E-state index contributed by atoms with van der Waals surface area (Å²) in [6.45, 7) is 3.32. The van der Waals surface area contributed by atoms with Gasteiger partial charge in [0.05, 0.1) is 5.92 Å². The van der Waals surface area contributed by atoms with Crippen LogP contribution in [-0.4, -0.2) is 18.5 Å². The number of carboxylic acid groups (broad SMARTS) is 1. The van der Waals surface area contributed by atoms with Crippen molar-refractivity contribution >= 4 is 23.5 Å². The molecule has 0 aromatic rings. The monoisotopic (exact) mass is 255 g/mol. The first-order valence-corrected chi connectivity index (χ1v) is 5.77. The molecule has 2 bridgehead atoms. The van der Waals surface area contributed by atoms with Gasteiger partial charge in [-0.25, -0.2) is 0 Å². The molecule has 2 aliphatic carbocycles. The number of allylic oxidation sites excluding steroid dienone is 2. The Labute approximate surface area is 104 Å². The summed E-state index contributed by atoms with van der Waals surface area (Å²) in [6.07, 6.45) is 4.40. The topological polar surface area (TPSA) is 66.4 Å². The van der Waals surface area contributed by atoms with Crippen molar-refractivity contribution in [3.8, 4) is 0 Å². The highest BCUT2D eigenvalue weighted by molar-refractivity contribution is 6.29. The number of hydrogen-bond acceptors (Lipinski definition) is 4. The minimum absolute atomic E-state index is 0.0565. The molecule has 0 saturated heterocycles. The van der Waals surface area contributed by atoms with Gasteiger partial charge < -0.3 is 14.6 Å². The largest absolute Gasteiger partial charge is 0.550 e. The summed E-state index contributed by atoms with van der Waals surface area (Å²) in [4.78, 5) is 22.9. The number of fused-ring (bicyclic) bond motifs is 2. The zero-order valence-corrected chi connectivity index (χ0v) is 9.85. The second kappa shape index (κ2) is 4.53. The zero-order chi connectivity index (χ0) is 12.6. The Bertz CT molecular complexity index is 401. The van der Waals surface area contributed by atoms with E-state index in [0.717, 1.165) is 0 Å². The molecular formula is C12H12ClO4-. The molecule has 0 unspecified atom stereocenters. The van der Waals surface area contributed by atoms with Crippen molar-refractivity contribution in [2.45, 2.75) is 6.42 Å². The van der Waals surface area contributed by atoms with Crippen molar-refractivity contribution in [1.82, 2.24) is 0 Å². The lowest BCUT2D eigenvalue weighted by atomic mass is 9.83. The minimum atomic E-state index is -1.19. The van der Waals surface area contributed by atoms with Crippen LogP contribution >= 0.6 is 11.6 Å². The Hall–Kier alpha value is -1.29. The summed E-state index contributed by atoms with van der Waals surface area (Å²) in [5, 5.41) is 11.3. The number of carbonyl (C=O) groups is 2. The standard InChI is InChI=1S/C12H13ClO4/c1-6(13)5-17-12(16)10-8-3-2-7(4-8)9(10)11(14)15/h2-3,7-10H,1,4-5H2,(H,14,15)/p-1/t7-,8+,9-,10-/m0/s1. The summed E-state index contributed by atoms with van der Waals surface area (Å²) in [5.41, 5.74) is 0. The van der Waals surface area contributed by atoms with Gasteiger partial charge in [0, 0.05) is 16.9 Å². The van der Waals surface area contributed by atoms with Crippen molar-refractivity contribution in [2.75, 3.05) is 6.61 Å². The fraction of sp³-hybridized carbons (Fsp3) is 0.500. The van der Waals surface area contributed by atoms with Crippen LogP contribution in [0.3, 0.4) is 0 Å². The molecule has 0 heterocycles. The number of esters is 1. The predicted octanol–water partition coefficient (Wildman–Crippen LogP) is 0.470. The van der Waals surface area contributed by atoms with Gasteiger partial charge in [-0.05, 0) is 18.3 Å². The van der Waals surface area contributed by atoms with Crippen molar-refractivity contribution in [2.24, 2.45) is 23.7 Å². The Morgan fingerprint density at radius 3 is 2.47 bits per heavy atom. The average molecular weight is 256 g/mol. The van der Waals surface area contributed by atoms with Gasteiger partial charge in [-0.2, -0.15) is 0 Å². The van der Waals surface area contributed by atoms with E-state index < -0.39 is 23.8 Å². The second-order valence-corrected chi connectivity index (χ2v) is 4.98. The third-order valence-corrected chi connectivity index (χ3v) is 3.48. The van der Waals surface area contributed by atoms with E-state index >= 15 is 0 Å². The Kier molecular flexibility index (Phi) is 3.24. The number of halogens is 1. The van der Waals surface area contributed by atoms with Crippen LogP contribution in [0, 0.1) is 23.7 Å². The lowest BCUT2D eigenvalue weighted by Gasteiger charge is -2.26. The van der Waals surface area contributed by atoms with Crippen LogP contribution in [-0.2, 0) is 14.3 Å². The second-order valence-electron chi connectivity index (χ2n) is 4.44. The maximum Gasteiger partial charge on any atom is 0.310 e. The molecule has 2 rings (SSSR count). The number of ether oxygens (including phenoxy) is 1. The van der Waals surface area contributed by atoms with Gasteiger partial charge in [0.2, 0.25) is 0 Å². The van der Waals surface area contributed by atoms with E-state index in [4.69, 9.17) is 16.3 Å². The van der Waals surface area contributed by atoms with E-state index in [2.05, 4.69) is 6.58 Å². The van der Waals surface area contributed by atoms with E-state index in [1.807, 2.05) is 12.2 Å². The first-order valence-electron chi connectivity index (χ1n) is 5.40. The normalized spacial score (nSPS) is 33.7. The molecule has 0 aromatic heterocycles. The van der Waals surface area contributed by atoms with E-state index in [-0.39, 0.29) is 23.5 Å². The Balaban J connectivity index is 2.08. The first-order chi connectivity index (χ1) is 8.00. The smallest absolute Gasteiger partial charge is 0.310 e. The number of aliphatic carboxylic acids is 1. The molecule has 0 spiro atoms. The molecular weight excluding hydrogens is 244 g/mol. The molecule has 92 valence electrons. The maximum atomic E-state index is 11.8. The van der Waals surface area contributed by atoms with Crippen LogP contribution in [0.1, 0.15) is 6.42 Å². The fourth-order valence-corrected chi connectivity index (χ4v) is 2.77. The van der Waals surface area contributed by atoms with Crippen LogP contribution in [0.15, 0.2) is 23.8 Å². The van der Waals surface area contributed by atoms with Gasteiger partial charge in [0.1, 0.15) is 6.61 Å². The van der Waals surface area contributed by atoms with E-state index in [9.17, 15) is 14.7 Å². The van der Waals surface area contributed by atoms with Gasteiger partial charge in [-0.3, -0.25) is 4.79 Å². The summed E-state index contributed by atoms with van der Waals surface area (Å²) < 4.78 is 4.92. The fourth-order valence-electron chi connectivity index (χ4n) is 2.71. The quantitative estimate of drug-likeness (QED) is 0.541. The van der Waals surface area contributed by atoms with Crippen LogP contribution in [0.4, 0.5) is 0 Å². The summed E-state index contributed by atoms with van der Waals surface area (Å²) in [5.74, 6) is -3.31. The van der Waals surface area contributed by atoms with Gasteiger partial charge in [0.15, 0.2) is 0 Å². The highest BCUT2D eigenvalue weighted by atomic mass is 35.5. The average Bonchev–Trinajstić information content (AvgIpc) is 2.84. The van der Waals surface area contributed by atoms with E-state index in [0.29, 0.717) is 6.42 Å². The molecule has 17 heavy (non-hydrogen) atoms. The number of hydrogen-bond donors (Lipinski definition) is 0. The third kappa shape index (κ3) is 2.22. The van der Waals surface area contributed by atoms with Crippen LogP contribution in [0.2, 0.25) is 0 Å². The third-order valence-electron chi connectivity index (χ3n) is 3.37. The van der Waals surface area contributed by atoms with Gasteiger partial charge in [-0.15, -0.1) is 0 Å². The summed E-state index contributed by atoms with van der Waals surface area (Å²) >= 11 is 5.49. The molecule has 4 nitrogen and oxygen atoms in total. The minimum Gasteiger partial charge on any atom is -0.550 e. The molecule has 0 amide bonds. The van der Waals surface area contributed by atoms with Crippen molar-refractivity contribution in [1.29, 1.82) is 0 Å². The maximum absolute atomic E-state index is 11.8. The zero-order valence-electron chi connectivity index (χ0n) is 9.10. The molecule has 0 N–H and O–H groups in total. The molecule has 1 fully saturated rings. The number of carbonyl (C=O) groups excluding carboxylic acids is 2. The van der Waals surface area contributed by atoms with Gasteiger partial charge in [0.25, 0.3) is 0 Å². The molecule has 4 atom stereocenters. The Morgan fingerprint density at radius 1 is 1.35 bits per heavy atom. The molecule has 2 aliphatic rings. The number of rotatable bonds is 4. The lowest BCUT2D eigenvalue weighted by molar-refractivity contribution is -0.314. The Morgan fingerprint density at radius 2 is 1.94 bits per heavy atom. The van der Waals surface area contributed by atoms with Crippen LogP contribution < -0.4 is 5.11 Å². The van der Waals surface area contributed by atoms with Gasteiger partial charge >= 0.3 is 5.97 Å². The van der Waals surface area contributed by atoms with E-state index in [1.165, 1.54) is 0 Å².